The molecule has 1 atom stereocenters. The Kier molecular flexibility index (Phi) is 2.60. The molecule has 0 saturated carbocycles. The van der Waals surface area contributed by atoms with Gasteiger partial charge in [-0.15, -0.1) is 0 Å². The van der Waals surface area contributed by atoms with Crippen LogP contribution in [0.25, 0.3) is 0 Å². The van der Waals surface area contributed by atoms with Gasteiger partial charge in [-0.05, 0) is 36.1 Å². The van der Waals surface area contributed by atoms with Crippen molar-refractivity contribution in [3.8, 4) is 5.75 Å². The summed E-state index contributed by atoms with van der Waals surface area (Å²) in [5.41, 5.74) is 13.3. The summed E-state index contributed by atoms with van der Waals surface area (Å²) in [6.07, 6.45) is 1.96. The molecule has 0 spiro atoms. The van der Waals surface area contributed by atoms with Crippen LogP contribution in [0.1, 0.15) is 23.6 Å². The Labute approximate surface area is 88.2 Å². The van der Waals surface area contributed by atoms with E-state index in [1.807, 2.05) is 18.2 Å². The van der Waals surface area contributed by atoms with Crippen molar-refractivity contribution in [2.24, 2.45) is 11.5 Å². The third-order valence-corrected chi connectivity index (χ3v) is 2.62. The van der Waals surface area contributed by atoms with Crippen LogP contribution in [-0.4, -0.2) is 12.5 Å². The minimum Gasteiger partial charge on any atom is -0.484 e. The topological polar surface area (TPSA) is 78.3 Å². The summed E-state index contributed by atoms with van der Waals surface area (Å²) in [5.74, 6) is 0.217. The Hall–Kier alpha value is -1.55. The highest BCUT2D eigenvalue weighted by Gasteiger charge is 2.19. The van der Waals surface area contributed by atoms with E-state index < -0.39 is 5.91 Å². The van der Waals surface area contributed by atoms with Gasteiger partial charge in [-0.1, -0.05) is 6.07 Å². The third kappa shape index (κ3) is 2.10. The molecule has 80 valence electrons. The third-order valence-electron chi connectivity index (χ3n) is 2.62. The molecule has 4 nitrogen and oxygen atoms in total. The maximum absolute atomic E-state index is 10.5. The van der Waals surface area contributed by atoms with Gasteiger partial charge < -0.3 is 16.2 Å². The van der Waals surface area contributed by atoms with Crippen LogP contribution in [0.3, 0.4) is 0 Å². The van der Waals surface area contributed by atoms with Crippen LogP contribution < -0.4 is 16.2 Å². The lowest BCUT2D eigenvalue weighted by Gasteiger charge is -2.07. The van der Waals surface area contributed by atoms with Crippen molar-refractivity contribution in [3.05, 3.63) is 29.3 Å². The Morgan fingerprint density at radius 2 is 2.33 bits per heavy atom. The molecule has 1 amide bonds. The first kappa shape index (κ1) is 9.98. The van der Waals surface area contributed by atoms with Crippen LogP contribution in [-0.2, 0) is 11.2 Å². The zero-order valence-electron chi connectivity index (χ0n) is 8.40. The minimum atomic E-state index is -0.466. The van der Waals surface area contributed by atoms with Crippen LogP contribution in [0, 0.1) is 0 Å². The predicted molar refractivity (Wildman–Crippen MR) is 56.4 cm³/mol. The van der Waals surface area contributed by atoms with E-state index >= 15 is 0 Å². The maximum atomic E-state index is 10.5. The molecule has 4 N–H and O–H groups in total. The number of carbonyl (C=O) groups is 1. The summed E-state index contributed by atoms with van der Waals surface area (Å²) in [6.45, 7) is -0.0785. The zero-order valence-corrected chi connectivity index (χ0v) is 8.40. The number of amides is 1. The molecule has 2 rings (SSSR count). The molecular formula is C11H14N2O2. The van der Waals surface area contributed by atoms with Gasteiger partial charge in [0.25, 0.3) is 5.91 Å². The molecule has 0 aromatic heterocycles. The van der Waals surface area contributed by atoms with E-state index in [-0.39, 0.29) is 12.6 Å². The number of hydrogen-bond donors (Lipinski definition) is 2. The van der Waals surface area contributed by atoms with Crippen LogP contribution in [0.4, 0.5) is 0 Å². The van der Waals surface area contributed by atoms with E-state index in [9.17, 15) is 4.79 Å². The lowest BCUT2D eigenvalue weighted by atomic mass is 10.1. The van der Waals surface area contributed by atoms with Crippen LogP contribution >= 0.6 is 0 Å². The van der Waals surface area contributed by atoms with E-state index in [2.05, 4.69) is 0 Å². The summed E-state index contributed by atoms with van der Waals surface area (Å²) in [4.78, 5) is 10.5. The second kappa shape index (κ2) is 3.90. The molecule has 0 heterocycles. The fraction of sp³-hybridized carbons (Fsp3) is 0.364. The Bertz CT molecular complexity index is 390. The number of hydrogen-bond acceptors (Lipinski definition) is 3. The summed E-state index contributed by atoms with van der Waals surface area (Å²) >= 11 is 0. The number of ether oxygens (including phenoxy) is 1. The molecule has 0 aliphatic heterocycles. The molecule has 1 aromatic rings. The van der Waals surface area contributed by atoms with Crippen molar-refractivity contribution < 1.29 is 9.53 Å². The number of primary amides is 1. The zero-order chi connectivity index (χ0) is 10.8. The van der Waals surface area contributed by atoms with Crippen molar-refractivity contribution in [1.82, 2.24) is 0 Å². The highest BCUT2D eigenvalue weighted by atomic mass is 16.5. The quantitative estimate of drug-likeness (QED) is 0.755. The summed E-state index contributed by atoms with van der Waals surface area (Å²) < 4.78 is 5.21. The van der Waals surface area contributed by atoms with Crippen molar-refractivity contribution >= 4 is 5.91 Å². The normalized spacial score (nSPS) is 18.6. The molecule has 1 aliphatic carbocycles. The monoisotopic (exact) mass is 206 g/mol. The van der Waals surface area contributed by atoms with Gasteiger partial charge >= 0.3 is 0 Å². The number of benzene rings is 1. The van der Waals surface area contributed by atoms with Crippen molar-refractivity contribution in [2.45, 2.75) is 18.9 Å². The summed E-state index contributed by atoms with van der Waals surface area (Å²) in [6, 6.07) is 5.87. The standard InChI is InChI=1S/C11H14N2O2/c12-10-4-1-7-5-8(2-3-9(7)10)15-6-11(13)14/h2-3,5,10H,1,4,6,12H2,(H2,13,14)/t10-/m1/s1. The molecule has 1 aliphatic rings. The van der Waals surface area contributed by atoms with Crippen molar-refractivity contribution in [1.29, 1.82) is 0 Å². The van der Waals surface area contributed by atoms with E-state index in [0.29, 0.717) is 5.75 Å². The molecule has 15 heavy (non-hydrogen) atoms. The average Bonchev–Trinajstić information content (AvgIpc) is 2.57. The largest absolute Gasteiger partial charge is 0.484 e. The van der Waals surface area contributed by atoms with Gasteiger partial charge in [0, 0.05) is 6.04 Å². The number of fused-ring (bicyclic) bond motifs is 1. The fourth-order valence-corrected chi connectivity index (χ4v) is 1.87. The molecule has 0 bridgehead atoms. The number of rotatable bonds is 3. The lowest BCUT2D eigenvalue weighted by Crippen LogP contribution is -2.20. The van der Waals surface area contributed by atoms with Gasteiger partial charge in [0.2, 0.25) is 0 Å². The molecule has 0 unspecified atom stereocenters. The first-order valence-corrected chi connectivity index (χ1v) is 4.96. The lowest BCUT2D eigenvalue weighted by molar-refractivity contribution is -0.119. The number of carbonyl (C=O) groups excluding carboxylic acids is 1. The van der Waals surface area contributed by atoms with Gasteiger partial charge in [0.15, 0.2) is 6.61 Å². The molecular weight excluding hydrogens is 192 g/mol. The highest BCUT2D eigenvalue weighted by Crippen LogP contribution is 2.31. The van der Waals surface area contributed by atoms with Crippen LogP contribution in [0.5, 0.6) is 5.75 Å². The Morgan fingerprint density at radius 1 is 1.53 bits per heavy atom. The summed E-state index contributed by atoms with van der Waals surface area (Å²) in [5, 5.41) is 0. The number of nitrogens with two attached hydrogens (primary N) is 2. The minimum absolute atomic E-state index is 0.0785. The molecule has 1 aromatic carbocycles. The second-order valence-corrected chi connectivity index (χ2v) is 3.76. The van der Waals surface area contributed by atoms with Gasteiger partial charge in [-0.25, -0.2) is 0 Å². The van der Waals surface area contributed by atoms with Crippen molar-refractivity contribution in [3.63, 3.8) is 0 Å². The predicted octanol–water partition coefficient (Wildman–Crippen LogP) is 0.497. The average molecular weight is 206 g/mol. The SMILES string of the molecule is NC(=O)COc1ccc2c(c1)CC[C@H]2N. The van der Waals surface area contributed by atoms with E-state index in [0.717, 1.165) is 12.8 Å². The molecule has 0 fully saturated rings. The van der Waals surface area contributed by atoms with E-state index in [4.69, 9.17) is 16.2 Å². The maximum Gasteiger partial charge on any atom is 0.255 e. The fourth-order valence-electron chi connectivity index (χ4n) is 1.87. The first-order valence-electron chi connectivity index (χ1n) is 4.96. The van der Waals surface area contributed by atoms with Gasteiger partial charge in [0.05, 0.1) is 0 Å². The Morgan fingerprint density at radius 3 is 3.07 bits per heavy atom. The first-order chi connectivity index (χ1) is 7.16. The van der Waals surface area contributed by atoms with Crippen molar-refractivity contribution in [2.75, 3.05) is 6.61 Å². The van der Waals surface area contributed by atoms with Gasteiger partial charge in [0.1, 0.15) is 5.75 Å². The smallest absolute Gasteiger partial charge is 0.255 e. The van der Waals surface area contributed by atoms with Gasteiger partial charge in [-0.2, -0.15) is 0 Å². The summed E-state index contributed by atoms with van der Waals surface area (Å²) in [7, 11) is 0. The van der Waals surface area contributed by atoms with E-state index in [1.54, 1.807) is 0 Å². The van der Waals surface area contributed by atoms with Crippen LogP contribution in [0.15, 0.2) is 18.2 Å². The van der Waals surface area contributed by atoms with Crippen LogP contribution in [0.2, 0.25) is 0 Å². The second-order valence-electron chi connectivity index (χ2n) is 3.76. The Balaban J connectivity index is 2.12. The highest BCUT2D eigenvalue weighted by molar-refractivity contribution is 5.75. The molecule has 0 saturated heterocycles. The van der Waals surface area contributed by atoms with Gasteiger partial charge in [-0.3, -0.25) is 4.79 Å². The van der Waals surface area contributed by atoms with E-state index in [1.165, 1.54) is 11.1 Å². The molecule has 0 radical (unpaired) electrons. The number of aryl methyl sites for hydroxylation is 1. The molecule has 4 heteroatoms.